The van der Waals surface area contributed by atoms with E-state index in [4.69, 9.17) is 14.2 Å². The summed E-state index contributed by atoms with van der Waals surface area (Å²) in [5, 5.41) is 10.4. The molecule has 3 rings (SSSR count). The van der Waals surface area contributed by atoms with Crippen molar-refractivity contribution in [2.24, 2.45) is 0 Å². The van der Waals surface area contributed by atoms with Crippen molar-refractivity contribution in [3.8, 4) is 11.5 Å². The van der Waals surface area contributed by atoms with E-state index >= 15 is 0 Å². The minimum absolute atomic E-state index is 0.0213. The lowest BCUT2D eigenvalue weighted by atomic mass is 9.73. The van der Waals surface area contributed by atoms with Crippen LogP contribution in [0.3, 0.4) is 0 Å². The lowest BCUT2D eigenvalue weighted by Gasteiger charge is -2.37. The van der Waals surface area contributed by atoms with Crippen LogP contribution in [-0.2, 0) is 19.7 Å². The highest BCUT2D eigenvalue weighted by molar-refractivity contribution is 6.06. The molecule has 1 fully saturated rings. The summed E-state index contributed by atoms with van der Waals surface area (Å²) in [6, 6.07) is 14.6. The van der Waals surface area contributed by atoms with E-state index in [2.05, 4.69) is 20.8 Å². The minimum atomic E-state index is -1.79. The molecule has 6 nitrogen and oxygen atoms in total. The molecule has 1 aliphatic heterocycles. The quantitative estimate of drug-likeness (QED) is 0.153. The molecule has 202 valence electrons. The molecule has 6 heteroatoms. The lowest BCUT2D eigenvalue weighted by Crippen LogP contribution is -2.48. The Kier molecular flexibility index (Phi) is 10.8. The molecule has 1 N–H and O–H groups in total. The molecule has 3 atom stereocenters. The Hall–Kier alpha value is -3.02. The average molecular weight is 511 g/mol. The predicted molar refractivity (Wildman–Crippen MR) is 144 cm³/mol. The maximum atomic E-state index is 13.5. The topological polar surface area (TPSA) is 82.1 Å². The van der Waals surface area contributed by atoms with E-state index in [1.807, 2.05) is 30.3 Å². The molecular weight excluding hydrogens is 468 g/mol. The largest absolute Gasteiger partial charge is 0.494 e. The molecule has 1 aliphatic rings. The van der Waals surface area contributed by atoms with Crippen molar-refractivity contribution in [2.75, 3.05) is 6.61 Å². The van der Waals surface area contributed by atoms with E-state index in [-0.39, 0.29) is 12.5 Å². The summed E-state index contributed by atoms with van der Waals surface area (Å²) in [6.07, 6.45) is 8.12. The van der Waals surface area contributed by atoms with Crippen molar-refractivity contribution in [3.05, 3.63) is 59.7 Å². The summed E-state index contributed by atoms with van der Waals surface area (Å²) in [4.78, 5) is 26.1. The molecule has 0 radical (unpaired) electrons. The first-order valence-corrected chi connectivity index (χ1v) is 13.9. The lowest BCUT2D eigenvalue weighted by molar-refractivity contribution is -0.173. The number of ether oxygens (including phenoxy) is 3. The number of esters is 1. The van der Waals surface area contributed by atoms with Gasteiger partial charge in [-0.15, -0.1) is 0 Å². The summed E-state index contributed by atoms with van der Waals surface area (Å²) in [5.74, 6) is -0.715. The Balaban J connectivity index is 1.78. The van der Waals surface area contributed by atoms with Gasteiger partial charge < -0.3 is 19.3 Å². The molecule has 1 heterocycles. The average Bonchev–Trinajstić information content (AvgIpc) is 2.90. The van der Waals surface area contributed by atoms with Crippen LogP contribution >= 0.6 is 0 Å². The van der Waals surface area contributed by atoms with Crippen molar-refractivity contribution in [1.82, 2.24) is 0 Å². The van der Waals surface area contributed by atoms with Gasteiger partial charge in [0.1, 0.15) is 17.6 Å². The monoisotopic (exact) mass is 510 g/mol. The molecular formula is C31H42O6. The van der Waals surface area contributed by atoms with Crippen molar-refractivity contribution in [2.45, 2.75) is 103 Å². The first-order valence-electron chi connectivity index (χ1n) is 13.9. The van der Waals surface area contributed by atoms with Crippen LogP contribution in [0.1, 0.15) is 102 Å². The Labute approximate surface area is 221 Å². The summed E-state index contributed by atoms with van der Waals surface area (Å²) in [5.41, 5.74) is -0.587. The zero-order valence-electron chi connectivity index (χ0n) is 22.5. The van der Waals surface area contributed by atoms with Gasteiger partial charge in [0.05, 0.1) is 12.7 Å². The molecule has 0 spiro atoms. The van der Waals surface area contributed by atoms with E-state index in [9.17, 15) is 14.7 Å². The number of benzene rings is 2. The first kappa shape index (κ1) is 28.5. The smallest absolute Gasteiger partial charge is 0.328 e. The van der Waals surface area contributed by atoms with Gasteiger partial charge >= 0.3 is 11.9 Å². The number of aliphatic carboxylic acids is 1. The number of carbonyl (C=O) groups is 2. The van der Waals surface area contributed by atoms with Crippen molar-refractivity contribution in [1.29, 1.82) is 0 Å². The third-order valence-corrected chi connectivity index (χ3v) is 7.14. The zero-order valence-corrected chi connectivity index (χ0v) is 22.5. The van der Waals surface area contributed by atoms with Crippen LogP contribution in [0, 0.1) is 0 Å². The molecule has 1 saturated heterocycles. The van der Waals surface area contributed by atoms with Gasteiger partial charge in [-0.3, -0.25) is 9.59 Å². The summed E-state index contributed by atoms with van der Waals surface area (Å²) < 4.78 is 17.9. The molecule has 0 aliphatic carbocycles. The highest BCUT2D eigenvalue weighted by Gasteiger charge is 2.54. The minimum Gasteiger partial charge on any atom is -0.494 e. The Bertz CT molecular complexity index is 1000. The fraction of sp³-hybridized carbons (Fsp3) is 0.548. The van der Waals surface area contributed by atoms with Gasteiger partial charge in [-0.1, -0.05) is 83.2 Å². The van der Waals surface area contributed by atoms with Gasteiger partial charge in [-0.05, 0) is 55.9 Å². The van der Waals surface area contributed by atoms with E-state index in [1.165, 1.54) is 0 Å². The number of unbranched alkanes of at least 4 members (excludes halogenated alkanes) is 3. The van der Waals surface area contributed by atoms with Crippen LogP contribution in [-0.4, -0.2) is 29.8 Å². The number of hydrogen-bond donors (Lipinski definition) is 1. The Morgan fingerprint density at radius 1 is 1.00 bits per heavy atom. The number of carboxylic acids is 1. The van der Waals surface area contributed by atoms with Gasteiger partial charge in [0.2, 0.25) is 0 Å². The zero-order chi connectivity index (χ0) is 26.7. The normalized spacial score (nSPS) is 20.2. The number of para-hydroxylation sites is 1. The summed E-state index contributed by atoms with van der Waals surface area (Å²) in [6.45, 7) is 7.07. The second kappa shape index (κ2) is 14.1. The van der Waals surface area contributed by atoms with Crippen LogP contribution < -0.4 is 9.47 Å². The first-order chi connectivity index (χ1) is 18.0. The molecule has 1 unspecified atom stereocenters. The standard InChI is InChI=1S/C31H42O6/c1-4-7-11-22-35-24-18-16-23(17-19-24)27-20-21-31(29(32)33,30(34)37-27)26-14-9-10-15-28(26)36-25(12-6-3)13-8-5-2/h9-10,14-19,25,27H,4-8,11-13,20-22H2,1-3H3,(H,32,33)/t25?,27-,31-/m1/s1. The summed E-state index contributed by atoms with van der Waals surface area (Å²) in [7, 11) is 0. The molecule has 0 saturated carbocycles. The third kappa shape index (κ3) is 7.06. The van der Waals surface area contributed by atoms with Gasteiger partial charge in [0, 0.05) is 5.56 Å². The number of carboxylic acid groups (broad SMARTS) is 1. The Morgan fingerprint density at radius 2 is 1.73 bits per heavy atom. The number of hydrogen-bond acceptors (Lipinski definition) is 5. The van der Waals surface area contributed by atoms with Gasteiger partial charge in [0.15, 0.2) is 5.41 Å². The van der Waals surface area contributed by atoms with Crippen molar-refractivity contribution in [3.63, 3.8) is 0 Å². The maximum Gasteiger partial charge on any atom is 0.328 e. The van der Waals surface area contributed by atoms with Crippen molar-refractivity contribution < 1.29 is 28.9 Å². The molecule has 2 aromatic carbocycles. The van der Waals surface area contributed by atoms with E-state index in [1.54, 1.807) is 18.2 Å². The highest BCUT2D eigenvalue weighted by Crippen LogP contribution is 2.45. The molecule has 0 bridgehead atoms. The van der Waals surface area contributed by atoms with Crippen LogP contribution in [0.4, 0.5) is 0 Å². The van der Waals surface area contributed by atoms with Crippen LogP contribution in [0.15, 0.2) is 48.5 Å². The maximum absolute atomic E-state index is 13.5. The van der Waals surface area contributed by atoms with Crippen LogP contribution in [0.25, 0.3) is 0 Å². The van der Waals surface area contributed by atoms with E-state index in [0.717, 1.165) is 62.7 Å². The van der Waals surface area contributed by atoms with E-state index in [0.29, 0.717) is 24.3 Å². The molecule has 0 amide bonds. The van der Waals surface area contributed by atoms with Crippen LogP contribution in [0.2, 0.25) is 0 Å². The molecule has 2 aromatic rings. The fourth-order valence-electron chi connectivity index (χ4n) is 4.97. The molecule has 37 heavy (non-hydrogen) atoms. The number of cyclic esters (lactones) is 1. The second-order valence-corrected chi connectivity index (χ2v) is 9.93. The van der Waals surface area contributed by atoms with Crippen molar-refractivity contribution >= 4 is 11.9 Å². The Morgan fingerprint density at radius 3 is 2.38 bits per heavy atom. The van der Waals surface area contributed by atoms with E-state index < -0.39 is 23.5 Å². The fourth-order valence-corrected chi connectivity index (χ4v) is 4.97. The SMILES string of the molecule is CCCCCOc1ccc([C@H]2CC[C@](C(=O)O)(c3ccccc3OC(CCC)CCCC)C(=O)O2)cc1. The second-order valence-electron chi connectivity index (χ2n) is 9.93. The number of rotatable bonds is 15. The van der Waals surface area contributed by atoms with Gasteiger partial charge in [0.25, 0.3) is 0 Å². The third-order valence-electron chi connectivity index (χ3n) is 7.14. The van der Waals surface area contributed by atoms with Gasteiger partial charge in [-0.2, -0.15) is 0 Å². The predicted octanol–water partition coefficient (Wildman–Crippen LogP) is 7.39. The van der Waals surface area contributed by atoms with Gasteiger partial charge in [-0.25, -0.2) is 0 Å². The van der Waals surface area contributed by atoms with Crippen LogP contribution in [0.5, 0.6) is 11.5 Å². The number of carbonyl (C=O) groups excluding carboxylic acids is 1. The summed E-state index contributed by atoms with van der Waals surface area (Å²) >= 11 is 0. The highest BCUT2D eigenvalue weighted by atomic mass is 16.6. The molecule has 0 aromatic heterocycles.